The topological polar surface area (TPSA) is 8.81 Å². The van der Waals surface area contributed by atoms with E-state index in [1.165, 1.54) is 57.0 Å². The summed E-state index contributed by atoms with van der Waals surface area (Å²) < 4.78 is 4.86. The molecule has 0 atom stereocenters. The normalized spacial score (nSPS) is 14.7. The van der Waals surface area contributed by atoms with Gasteiger partial charge in [0.1, 0.15) is 6.54 Å². The van der Waals surface area contributed by atoms with Crippen LogP contribution in [0.4, 0.5) is 0 Å². The molecular weight excluding hydrogens is 328 g/mol. The van der Waals surface area contributed by atoms with Gasteiger partial charge in [-0.15, -0.1) is 0 Å². The molecule has 0 aliphatic carbocycles. The van der Waals surface area contributed by atoms with Crippen LogP contribution in [0.5, 0.6) is 0 Å². The fraction of sp³-hybridized carbons (Fsp3) is 0.320. The first-order chi connectivity index (χ1) is 13.0. The molecule has 0 saturated carbocycles. The van der Waals surface area contributed by atoms with Crippen LogP contribution in [0.2, 0.25) is 0 Å². The van der Waals surface area contributed by atoms with Crippen LogP contribution >= 0.6 is 0 Å². The van der Waals surface area contributed by atoms with Crippen molar-refractivity contribution in [1.82, 2.24) is 4.57 Å². The molecule has 0 N–H and O–H groups in total. The standard InChI is InChI=1S/C25H27N2/c1-5-6-13-26-14-12-23-21(16-26)25(3,4)20-9-7-8-18-19-15-17(2)10-11-22(19)27(23)24(18)20/h7-12,14-16H,5-6,13H2,1-4H3/q+1. The SMILES string of the molecule is CCCC[n+]1ccc2c(c1)C(C)(C)c1cccc3c4cc(C)ccc4n-2c13. The highest BCUT2D eigenvalue weighted by Crippen LogP contribution is 2.46. The van der Waals surface area contributed by atoms with E-state index in [1.54, 1.807) is 0 Å². The Hall–Kier alpha value is -2.61. The van der Waals surface area contributed by atoms with Crippen molar-refractivity contribution >= 4 is 21.8 Å². The number of unbranched alkanes of at least 4 members (excludes halogenated alkanes) is 1. The van der Waals surface area contributed by atoms with Crippen LogP contribution in [0.25, 0.3) is 27.5 Å². The minimum absolute atomic E-state index is 0.0104. The summed E-state index contributed by atoms with van der Waals surface area (Å²) in [6.45, 7) is 10.3. The fourth-order valence-corrected chi connectivity index (χ4v) is 4.77. The summed E-state index contributed by atoms with van der Waals surface area (Å²) >= 11 is 0. The van der Waals surface area contributed by atoms with E-state index >= 15 is 0 Å². The maximum absolute atomic E-state index is 2.49. The smallest absolute Gasteiger partial charge is 0.174 e. The van der Waals surface area contributed by atoms with Gasteiger partial charge in [-0.2, -0.15) is 0 Å². The minimum Gasteiger partial charge on any atom is -0.308 e. The Morgan fingerprint density at radius 1 is 1.00 bits per heavy atom. The molecule has 4 aromatic rings. The van der Waals surface area contributed by atoms with Crippen LogP contribution in [-0.4, -0.2) is 4.57 Å². The number of hydrogen-bond acceptors (Lipinski definition) is 0. The van der Waals surface area contributed by atoms with Gasteiger partial charge < -0.3 is 4.57 Å². The van der Waals surface area contributed by atoms with Gasteiger partial charge >= 0.3 is 0 Å². The summed E-state index contributed by atoms with van der Waals surface area (Å²) in [5, 5.41) is 2.73. The molecule has 0 spiro atoms. The lowest BCUT2D eigenvalue weighted by atomic mass is 9.75. The molecule has 2 heteroatoms. The molecule has 0 amide bonds. The predicted molar refractivity (Wildman–Crippen MR) is 113 cm³/mol. The van der Waals surface area contributed by atoms with Gasteiger partial charge in [0.2, 0.25) is 0 Å². The van der Waals surface area contributed by atoms with Crippen LogP contribution in [0.15, 0.2) is 54.9 Å². The molecule has 2 nitrogen and oxygen atoms in total. The molecule has 136 valence electrons. The molecule has 1 aliphatic rings. The maximum Gasteiger partial charge on any atom is 0.174 e. The first-order valence-electron chi connectivity index (χ1n) is 10.1. The lowest BCUT2D eigenvalue weighted by Gasteiger charge is -2.33. The third kappa shape index (κ3) is 2.22. The summed E-state index contributed by atoms with van der Waals surface area (Å²) in [5.41, 5.74) is 8.16. The lowest BCUT2D eigenvalue weighted by molar-refractivity contribution is -0.697. The van der Waals surface area contributed by atoms with E-state index in [4.69, 9.17) is 0 Å². The molecule has 2 aromatic heterocycles. The van der Waals surface area contributed by atoms with Crippen molar-refractivity contribution in [3.8, 4) is 5.69 Å². The van der Waals surface area contributed by atoms with Gasteiger partial charge in [-0.25, -0.2) is 4.57 Å². The number of aromatic nitrogens is 2. The second-order valence-corrected chi connectivity index (χ2v) is 8.52. The largest absolute Gasteiger partial charge is 0.308 e. The summed E-state index contributed by atoms with van der Waals surface area (Å²) in [6.07, 6.45) is 7.08. The molecule has 3 heterocycles. The number of hydrogen-bond donors (Lipinski definition) is 0. The number of rotatable bonds is 3. The van der Waals surface area contributed by atoms with E-state index in [-0.39, 0.29) is 5.41 Å². The number of pyridine rings is 1. The molecule has 0 bridgehead atoms. The summed E-state index contributed by atoms with van der Waals surface area (Å²) in [7, 11) is 0. The van der Waals surface area contributed by atoms with E-state index in [0.29, 0.717) is 0 Å². The van der Waals surface area contributed by atoms with Gasteiger partial charge in [-0.3, -0.25) is 0 Å². The Morgan fingerprint density at radius 2 is 1.85 bits per heavy atom. The van der Waals surface area contributed by atoms with E-state index in [9.17, 15) is 0 Å². The van der Waals surface area contributed by atoms with Crippen molar-refractivity contribution in [2.45, 2.75) is 52.5 Å². The number of benzene rings is 2. The van der Waals surface area contributed by atoms with Gasteiger partial charge in [-0.1, -0.05) is 57.0 Å². The Balaban J connectivity index is 1.90. The van der Waals surface area contributed by atoms with Crippen molar-refractivity contribution in [2.24, 2.45) is 0 Å². The highest BCUT2D eigenvalue weighted by atomic mass is 15.0. The quantitative estimate of drug-likeness (QED) is 0.410. The Bertz CT molecular complexity index is 1190. The van der Waals surface area contributed by atoms with E-state index in [2.05, 4.69) is 91.7 Å². The monoisotopic (exact) mass is 355 g/mol. The van der Waals surface area contributed by atoms with Crippen molar-refractivity contribution < 1.29 is 4.57 Å². The van der Waals surface area contributed by atoms with Crippen LogP contribution in [0.1, 0.15) is 50.3 Å². The number of nitrogens with zero attached hydrogens (tertiary/aromatic N) is 2. The third-order valence-electron chi connectivity index (χ3n) is 6.29. The molecule has 0 saturated heterocycles. The summed E-state index contributed by atoms with van der Waals surface area (Å²) in [4.78, 5) is 0. The molecule has 0 radical (unpaired) electrons. The van der Waals surface area contributed by atoms with Crippen LogP contribution in [0, 0.1) is 6.92 Å². The molecule has 1 aliphatic heterocycles. The molecule has 5 rings (SSSR count). The molecule has 0 fully saturated rings. The zero-order valence-corrected chi connectivity index (χ0v) is 16.7. The van der Waals surface area contributed by atoms with Crippen molar-refractivity contribution in [1.29, 1.82) is 0 Å². The van der Waals surface area contributed by atoms with Crippen LogP contribution in [-0.2, 0) is 12.0 Å². The highest BCUT2D eigenvalue weighted by Gasteiger charge is 2.37. The highest BCUT2D eigenvalue weighted by molar-refractivity contribution is 6.11. The van der Waals surface area contributed by atoms with Crippen LogP contribution < -0.4 is 4.57 Å². The third-order valence-corrected chi connectivity index (χ3v) is 6.29. The molecule has 27 heavy (non-hydrogen) atoms. The average Bonchev–Trinajstić information content (AvgIpc) is 2.99. The number of para-hydroxylation sites is 1. The van der Waals surface area contributed by atoms with Gasteiger partial charge in [0.15, 0.2) is 12.4 Å². The first-order valence-corrected chi connectivity index (χ1v) is 10.1. The van der Waals surface area contributed by atoms with E-state index in [0.717, 1.165) is 6.54 Å². The zero-order valence-electron chi connectivity index (χ0n) is 16.7. The van der Waals surface area contributed by atoms with Gasteiger partial charge in [0, 0.05) is 28.7 Å². The summed E-state index contributed by atoms with van der Waals surface area (Å²) in [6, 6.07) is 16.0. The zero-order chi connectivity index (χ0) is 18.8. The number of fused-ring (bicyclic) bond motifs is 5. The molecule has 2 aromatic carbocycles. The van der Waals surface area contributed by atoms with Crippen molar-refractivity contribution in [3.05, 3.63) is 71.5 Å². The second kappa shape index (κ2) is 5.69. The van der Waals surface area contributed by atoms with Crippen molar-refractivity contribution in [3.63, 3.8) is 0 Å². The van der Waals surface area contributed by atoms with Gasteiger partial charge in [0.05, 0.1) is 22.3 Å². The van der Waals surface area contributed by atoms with Gasteiger partial charge in [0.25, 0.3) is 0 Å². The Morgan fingerprint density at radius 3 is 2.67 bits per heavy atom. The maximum atomic E-state index is 2.49. The Labute approximate surface area is 161 Å². The van der Waals surface area contributed by atoms with Crippen molar-refractivity contribution in [2.75, 3.05) is 0 Å². The van der Waals surface area contributed by atoms with E-state index < -0.39 is 0 Å². The minimum atomic E-state index is -0.0104. The average molecular weight is 356 g/mol. The van der Waals surface area contributed by atoms with E-state index in [1.807, 2.05) is 0 Å². The fourth-order valence-electron chi connectivity index (χ4n) is 4.77. The Kier molecular flexibility index (Phi) is 3.49. The summed E-state index contributed by atoms with van der Waals surface area (Å²) in [5.74, 6) is 0. The first kappa shape index (κ1) is 16.6. The van der Waals surface area contributed by atoms with Gasteiger partial charge in [-0.05, 0) is 24.6 Å². The van der Waals surface area contributed by atoms with Crippen LogP contribution in [0.3, 0.4) is 0 Å². The molecule has 0 unspecified atom stereocenters. The number of aryl methyl sites for hydroxylation is 2. The predicted octanol–water partition coefficient (Wildman–Crippen LogP) is 5.82. The lowest BCUT2D eigenvalue weighted by Crippen LogP contribution is -2.37. The second-order valence-electron chi connectivity index (χ2n) is 8.52. The molecular formula is C25H27N2+.